The molecule has 5 rings (SSSR count). The molecule has 0 saturated carbocycles. The fourth-order valence-electron chi connectivity index (χ4n) is 4.63. The summed E-state index contributed by atoms with van der Waals surface area (Å²) in [5, 5.41) is 10.7. The summed E-state index contributed by atoms with van der Waals surface area (Å²) in [6.07, 6.45) is 9.09. The van der Waals surface area contributed by atoms with Crippen molar-refractivity contribution < 1.29 is 8.91 Å². The van der Waals surface area contributed by atoms with Crippen LogP contribution in [0.2, 0.25) is 0 Å². The van der Waals surface area contributed by atoms with Crippen LogP contribution in [0.4, 0.5) is 4.39 Å². The molecule has 1 saturated heterocycles. The summed E-state index contributed by atoms with van der Waals surface area (Å²) in [7, 11) is 1.86. The molecule has 2 aliphatic heterocycles. The summed E-state index contributed by atoms with van der Waals surface area (Å²) >= 11 is 0. The number of likely N-dealkylation sites (tertiary alicyclic amines) is 1. The van der Waals surface area contributed by atoms with Crippen LogP contribution in [-0.2, 0) is 0 Å². The highest BCUT2D eigenvalue weighted by atomic mass is 19.1. The van der Waals surface area contributed by atoms with Gasteiger partial charge in [-0.1, -0.05) is 5.16 Å². The quantitative estimate of drug-likeness (QED) is 0.598. The molecule has 0 radical (unpaired) electrons. The average Bonchev–Trinajstić information content (AvgIpc) is 3.55. The second-order valence-electron chi connectivity index (χ2n) is 8.44. The van der Waals surface area contributed by atoms with E-state index in [4.69, 9.17) is 9.51 Å². The Morgan fingerprint density at radius 2 is 1.97 bits per heavy atom. The van der Waals surface area contributed by atoms with E-state index in [-0.39, 0.29) is 18.1 Å². The van der Waals surface area contributed by atoms with Gasteiger partial charge in [0.15, 0.2) is 6.29 Å². The summed E-state index contributed by atoms with van der Waals surface area (Å²) in [6.45, 7) is 4.08. The maximum atomic E-state index is 13.6. The van der Waals surface area contributed by atoms with Crippen molar-refractivity contribution in [3.05, 3.63) is 66.2 Å². The zero-order chi connectivity index (χ0) is 22.8. The van der Waals surface area contributed by atoms with Gasteiger partial charge in [0.05, 0.1) is 29.5 Å². The fourth-order valence-corrected chi connectivity index (χ4v) is 4.63. The van der Waals surface area contributed by atoms with Crippen LogP contribution in [0.3, 0.4) is 0 Å². The smallest absolute Gasteiger partial charge is 0.173 e. The number of allylic oxidation sites excluding steroid dienone is 1. The first-order chi connectivity index (χ1) is 16.1. The minimum Gasteiger partial charge on any atom is -0.364 e. The zero-order valence-electron chi connectivity index (χ0n) is 18.8. The lowest BCUT2D eigenvalue weighted by Crippen LogP contribution is -2.40. The van der Waals surface area contributed by atoms with Gasteiger partial charge in [-0.05, 0) is 57.2 Å². The lowest BCUT2D eigenvalue weighted by Gasteiger charge is -2.36. The van der Waals surface area contributed by atoms with E-state index in [0.717, 1.165) is 54.3 Å². The number of imidazole rings is 1. The fraction of sp³-hybridized carbons (Fsp3) is 0.375. The maximum Gasteiger partial charge on any atom is 0.173 e. The number of rotatable bonds is 6. The number of hydrogen-bond acceptors (Lipinski definition) is 7. The average molecular weight is 450 g/mol. The summed E-state index contributed by atoms with van der Waals surface area (Å²) in [5.41, 5.74) is 4.62. The molecule has 0 bridgehead atoms. The zero-order valence-corrected chi connectivity index (χ0v) is 18.8. The summed E-state index contributed by atoms with van der Waals surface area (Å²) < 4.78 is 20.9. The summed E-state index contributed by atoms with van der Waals surface area (Å²) in [5.74, 6) is -0.259. The molecule has 0 spiro atoms. The molecule has 2 atom stereocenters. The van der Waals surface area contributed by atoms with Crippen molar-refractivity contribution in [3.63, 3.8) is 0 Å². The Hall–Kier alpha value is -3.30. The molecule has 1 fully saturated rings. The predicted octanol–water partition coefficient (Wildman–Crippen LogP) is 3.59. The number of piperidine rings is 1. The van der Waals surface area contributed by atoms with E-state index in [2.05, 4.69) is 37.2 Å². The van der Waals surface area contributed by atoms with Gasteiger partial charge in [0.2, 0.25) is 0 Å². The van der Waals surface area contributed by atoms with Crippen LogP contribution in [0.15, 0.2) is 58.5 Å². The van der Waals surface area contributed by atoms with Gasteiger partial charge in [-0.25, -0.2) is 9.37 Å². The van der Waals surface area contributed by atoms with Gasteiger partial charge in [0, 0.05) is 37.0 Å². The first-order valence-electron chi connectivity index (χ1n) is 11.3. The van der Waals surface area contributed by atoms with Crippen LogP contribution in [-0.4, -0.2) is 52.2 Å². The molecule has 9 heteroatoms. The van der Waals surface area contributed by atoms with Crippen LogP contribution < -0.4 is 10.6 Å². The van der Waals surface area contributed by atoms with Crippen LogP contribution in [0, 0.1) is 5.82 Å². The minimum absolute atomic E-state index is 0.209. The molecule has 1 aromatic carbocycles. The van der Waals surface area contributed by atoms with E-state index >= 15 is 0 Å². The van der Waals surface area contributed by atoms with Crippen molar-refractivity contribution in [2.75, 3.05) is 20.1 Å². The Morgan fingerprint density at radius 3 is 2.67 bits per heavy atom. The van der Waals surface area contributed by atoms with Crippen molar-refractivity contribution in [3.8, 4) is 11.3 Å². The van der Waals surface area contributed by atoms with Crippen LogP contribution >= 0.6 is 0 Å². The third kappa shape index (κ3) is 4.34. The van der Waals surface area contributed by atoms with E-state index in [1.807, 2.05) is 25.5 Å². The van der Waals surface area contributed by atoms with Crippen molar-refractivity contribution in [2.45, 2.75) is 38.1 Å². The molecule has 33 heavy (non-hydrogen) atoms. The van der Waals surface area contributed by atoms with Crippen molar-refractivity contribution >= 4 is 11.9 Å². The van der Waals surface area contributed by atoms with E-state index in [0.29, 0.717) is 6.04 Å². The van der Waals surface area contributed by atoms with Crippen molar-refractivity contribution in [1.29, 1.82) is 0 Å². The Kier molecular flexibility index (Phi) is 6.06. The Labute approximate surface area is 192 Å². The number of nitrogens with one attached hydrogen (secondary N) is 2. The molecular formula is C24H28FN7O. The molecule has 172 valence electrons. The van der Waals surface area contributed by atoms with E-state index in [9.17, 15) is 4.39 Å². The van der Waals surface area contributed by atoms with Crippen molar-refractivity contribution in [2.24, 2.45) is 4.99 Å². The van der Waals surface area contributed by atoms with E-state index < -0.39 is 0 Å². The number of hydrogen-bond donors (Lipinski definition) is 2. The molecule has 8 nitrogen and oxygen atoms in total. The highest BCUT2D eigenvalue weighted by Crippen LogP contribution is 2.35. The van der Waals surface area contributed by atoms with Crippen molar-refractivity contribution in [1.82, 2.24) is 30.2 Å². The molecule has 2 aromatic heterocycles. The molecule has 4 heterocycles. The Balaban J connectivity index is 1.43. The number of aromatic nitrogens is 3. The number of nitrogens with zero attached hydrogens (tertiary/aromatic N) is 5. The number of halogens is 1. The Bertz CT molecular complexity index is 1130. The van der Waals surface area contributed by atoms with Gasteiger partial charge in [-0.3, -0.25) is 15.2 Å². The van der Waals surface area contributed by atoms with E-state index in [1.54, 1.807) is 24.6 Å². The summed E-state index contributed by atoms with van der Waals surface area (Å²) in [4.78, 5) is 11.6. The lowest BCUT2D eigenvalue weighted by atomic mass is 10.0. The molecular weight excluding hydrogens is 421 g/mol. The second-order valence-corrected chi connectivity index (χ2v) is 8.44. The molecule has 3 aromatic rings. The highest BCUT2D eigenvalue weighted by Gasteiger charge is 2.29. The minimum atomic E-state index is -0.259. The predicted molar refractivity (Wildman–Crippen MR) is 125 cm³/mol. The van der Waals surface area contributed by atoms with Gasteiger partial charge < -0.3 is 14.4 Å². The third-order valence-corrected chi connectivity index (χ3v) is 6.53. The monoisotopic (exact) mass is 449 g/mol. The standard InChI is InChI=1S/C24H28FN7O/c1-16(20-10-14-33-30-20)31-12-8-19(9-13-31)32-15-28-22(17-3-5-18(25)6-4-17)23(32)21-7-11-27-24(26-2)29-21/h3-7,10-11,14-16,19,24,26,29H,8-9,12-13H2,1-2H3. The Morgan fingerprint density at radius 1 is 1.18 bits per heavy atom. The molecule has 2 N–H and O–H groups in total. The van der Waals surface area contributed by atoms with Crippen LogP contribution in [0.5, 0.6) is 0 Å². The summed E-state index contributed by atoms with van der Waals surface area (Å²) in [6, 6.07) is 8.96. The SMILES string of the molecule is CNC1N=CC=C(c2c(-c3ccc(F)cc3)ncn2C2CCN(C(C)c3ccon3)CC2)N1. The molecule has 2 aliphatic rings. The van der Waals surface area contributed by atoms with Crippen LogP contribution in [0.25, 0.3) is 17.0 Å². The number of aliphatic imine (C=N–C) groups is 1. The normalized spacial score (nSPS) is 20.5. The third-order valence-electron chi connectivity index (χ3n) is 6.53. The van der Waals surface area contributed by atoms with E-state index in [1.165, 1.54) is 12.1 Å². The van der Waals surface area contributed by atoms with Gasteiger partial charge in [0.25, 0.3) is 0 Å². The molecule has 0 amide bonds. The first kappa shape index (κ1) is 21.5. The maximum absolute atomic E-state index is 13.6. The second kappa shape index (κ2) is 9.29. The highest BCUT2D eigenvalue weighted by molar-refractivity contribution is 5.88. The number of benzene rings is 1. The van der Waals surface area contributed by atoms with Gasteiger partial charge >= 0.3 is 0 Å². The molecule has 0 aliphatic carbocycles. The van der Waals surface area contributed by atoms with Gasteiger partial charge in [-0.15, -0.1) is 0 Å². The molecule has 2 unspecified atom stereocenters. The first-order valence-corrected chi connectivity index (χ1v) is 11.3. The van der Waals surface area contributed by atoms with Gasteiger partial charge in [-0.2, -0.15) is 0 Å². The largest absolute Gasteiger partial charge is 0.364 e. The topological polar surface area (TPSA) is 83.5 Å². The van der Waals surface area contributed by atoms with Crippen LogP contribution in [0.1, 0.15) is 43.2 Å². The van der Waals surface area contributed by atoms with Gasteiger partial charge in [0.1, 0.15) is 17.8 Å². The lowest BCUT2D eigenvalue weighted by molar-refractivity contribution is 0.138.